The molecule has 3 rings (SSSR count). The molecular weight excluding hydrogens is 288 g/mol. The van der Waals surface area contributed by atoms with Crippen molar-refractivity contribution < 1.29 is 14.6 Å². The zero-order chi connectivity index (χ0) is 15.0. The second-order valence-corrected chi connectivity index (χ2v) is 6.36. The van der Waals surface area contributed by atoms with E-state index in [0.29, 0.717) is 12.1 Å². The molecule has 1 heterocycles. The average molecular weight is 306 g/mol. The van der Waals surface area contributed by atoms with Gasteiger partial charge in [-0.25, -0.2) is 4.98 Å². The van der Waals surface area contributed by atoms with Gasteiger partial charge < -0.3 is 14.4 Å². The Balaban J connectivity index is 1.98. The van der Waals surface area contributed by atoms with Crippen LogP contribution < -0.4 is 0 Å². The van der Waals surface area contributed by atoms with Crippen molar-refractivity contribution in [2.75, 3.05) is 12.9 Å². The smallest absolute Gasteiger partial charge is 0.313 e. The number of fused-ring (bicyclic) bond motifs is 1. The first-order valence-corrected chi connectivity index (χ1v) is 7.93. The number of carboxylic acids is 1. The van der Waals surface area contributed by atoms with Crippen LogP contribution in [0, 0.1) is 6.92 Å². The Morgan fingerprint density at radius 3 is 2.95 bits per heavy atom. The first-order chi connectivity index (χ1) is 10.1. The molecule has 0 amide bonds. The lowest BCUT2D eigenvalue weighted by Gasteiger charge is -2.36. The van der Waals surface area contributed by atoms with Gasteiger partial charge in [0.2, 0.25) is 0 Å². The van der Waals surface area contributed by atoms with E-state index >= 15 is 0 Å². The molecule has 1 aromatic carbocycles. The third-order valence-corrected chi connectivity index (χ3v) is 4.84. The molecule has 1 aliphatic carbocycles. The van der Waals surface area contributed by atoms with Gasteiger partial charge >= 0.3 is 5.97 Å². The molecule has 5 nitrogen and oxygen atoms in total. The first kappa shape index (κ1) is 14.4. The molecule has 0 aliphatic heterocycles. The summed E-state index contributed by atoms with van der Waals surface area (Å²) >= 11 is 1.28. The van der Waals surface area contributed by atoms with E-state index in [1.807, 2.05) is 12.1 Å². The van der Waals surface area contributed by atoms with Gasteiger partial charge in [-0.1, -0.05) is 17.8 Å². The highest BCUT2D eigenvalue weighted by Crippen LogP contribution is 2.39. The summed E-state index contributed by atoms with van der Waals surface area (Å²) in [6.07, 6.45) is 2.21. The van der Waals surface area contributed by atoms with E-state index in [4.69, 9.17) is 9.84 Å². The van der Waals surface area contributed by atoms with Crippen LogP contribution in [0.25, 0.3) is 11.0 Å². The van der Waals surface area contributed by atoms with Gasteiger partial charge in [0.1, 0.15) is 0 Å². The minimum atomic E-state index is -0.821. The van der Waals surface area contributed by atoms with Gasteiger partial charge in [0.15, 0.2) is 5.16 Å². The lowest BCUT2D eigenvalue weighted by Crippen LogP contribution is -2.32. The van der Waals surface area contributed by atoms with E-state index in [-0.39, 0.29) is 5.75 Å². The summed E-state index contributed by atoms with van der Waals surface area (Å²) < 4.78 is 7.54. The van der Waals surface area contributed by atoms with Crippen molar-refractivity contribution in [3.8, 4) is 0 Å². The number of ether oxygens (including phenoxy) is 1. The van der Waals surface area contributed by atoms with Gasteiger partial charge in [0.05, 0.1) is 22.9 Å². The minimum Gasteiger partial charge on any atom is -0.481 e. The fraction of sp³-hybridized carbons (Fsp3) is 0.467. The van der Waals surface area contributed by atoms with E-state index in [2.05, 4.69) is 22.5 Å². The molecular formula is C15H18N2O3S. The average Bonchev–Trinajstić information content (AvgIpc) is 2.73. The molecule has 1 aliphatic rings. The molecule has 21 heavy (non-hydrogen) atoms. The molecule has 112 valence electrons. The fourth-order valence-corrected chi connectivity index (χ4v) is 3.51. The van der Waals surface area contributed by atoms with E-state index < -0.39 is 5.97 Å². The molecule has 1 saturated carbocycles. The number of aryl methyl sites for hydroxylation is 1. The topological polar surface area (TPSA) is 64.3 Å². The van der Waals surface area contributed by atoms with Crippen LogP contribution in [0.2, 0.25) is 0 Å². The number of hydrogen-bond acceptors (Lipinski definition) is 4. The van der Waals surface area contributed by atoms with Crippen LogP contribution in [-0.4, -0.2) is 39.6 Å². The van der Waals surface area contributed by atoms with Crippen LogP contribution in [-0.2, 0) is 9.53 Å². The zero-order valence-electron chi connectivity index (χ0n) is 12.1. The van der Waals surface area contributed by atoms with E-state index in [9.17, 15) is 4.79 Å². The third kappa shape index (κ3) is 2.78. The van der Waals surface area contributed by atoms with E-state index in [1.54, 1.807) is 7.11 Å². The second kappa shape index (κ2) is 5.69. The number of aliphatic carboxylic acids is 1. The number of nitrogens with zero attached hydrogens (tertiary/aromatic N) is 2. The van der Waals surface area contributed by atoms with Gasteiger partial charge in [-0.2, -0.15) is 0 Å². The largest absolute Gasteiger partial charge is 0.481 e. The molecule has 1 fully saturated rings. The zero-order valence-corrected chi connectivity index (χ0v) is 12.9. The number of rotatable bonds is 5. The van der Waals surface area contributed by atoms with Crippen LogP contribution in [0.5, 0.6) is 0 Å². The molecule has 0 spiro atoms. The molecule has 0 unspecified atom stereocenters. The van der Waals surface area contributed by atoms with Crippen molar-refractivity contribution in [2.45, 2.75) is 37.1 Å². The maximum absolute atomic E-state index is 10.8. The summed E-state index contributed by atoms with van der Waals surface area (Å²) in [7, 11) is 1.73. The normalized spacial score (nSPS) is 21.4. The van der Waals surface area contributed by atoms with Crippen LogP contribution in [0.1, 0.15) is 24.4 Å². The first-order valence-electron chi connectivity index (χ1n) is 6.94. The third-order valence-electron chi connectivity index (χ3n) is 3.91. The number of carboxylic acid groups (broad SMARTS) is 1. The van der Waals surface area contributed by atoms with Crippen LogP contribution in [0.15, 0.2) is 23.4 Å². The van der Waals surface area contributed by atoms with Crippen LogP contribution >= 0.6 is 11.8 Å². The maximum Gasteiger partial charge on any atom is 0.313 e. The highest BCUT2D eigenvalue weighted by molar-refractivity contribution is 7.99. The number of imidazole rings is 1. The summed E-state index contributed by atoms with van der Waals surface area (Å²) in [6, 6.07) is 6.49. The predicted molar refractivity (Wildman–Crippen MR) is 81.9 cm³/mol. The maximum atomic E-state index is 10.8. The lowest BCUT2D eigenvalue weighted by molar-refractivity contribution is -0.133. The molecule has 0 saturated heterocycles. The minimum absolute atomic E-state index is 0.0305. The predicted octanol–water partition coefficient (Wildman–Crippen LogP) is 2.87. The molecule has 1 aromatic heterocycles. The monoisotopic (exact) mass is 306 g/mol. The number of benzene rings is 1. The summed E-state index contributed by atoms with van der Waals surface area (Å²) in [5, 5.41) is 9.69. The van der Waals surface area contributed by atoms with Gasteiger partial charge in [-0.05, 0) is 37.5 Å². The van der Waals surface area contributed by atoms with Crippen molar-refractivity contribution in [3.05, 3.63) is 23.8 Å². The Morgan fingerprint density at radius 2 is 2.29 bits per heavy atom. The summed E-state index contributed by atoms with van der Waals surface area (Å²) in [4.78, 5) is 15.4. The van der Waals surface area contributed by atoms with E-state index in [0.717, 1.165) is 29.0 Å². The summed E-state index contributed by atoms with van der Waals surface area (Å²) in [5.41, 5.74) is 3.19. The summed E-state index contributed by atoms with van der Waals surface area (Å²) in [6.45, 7) is 2.06. The van der Waals surface area contributed by atoms with Crippen LogP contribution in [0.4, 0.5) is 0 Å². The Hall–Kier alpha value is -1.53. The molecule has 2 aromatic rings. The molecule has 6 heteroatoms. The van der Waals surface area contributed by atoms with Gasteiger partial charge in [-0.15, -0.1) is 0 Å². The molecule has 1 N–H and O–H groups in total. The molecule has 0 atom stereocenters. The summed E-state index contributed by atoms with van der Waals surface area (Å²) in [5.74, 6) is -0.791. The Labute approximate surface area is 127 Å². The van der Waals surface area contributed by atoms with Gasteiger partial charge in [-0.3, -0.25) is 4.79 Å². The molecule has 0 bridgehead atoms. The number of hydrogen-bond donors (Lipinski definition) is 1. The number of aromatic nitrogens is 2. The number of carbonyl (C=O) groups is 1. The van der Waals surface area contributed by atoms with Crippen molar-refractivity contribution in [2.24, 2.45) is 0 Å². The van der Waals surface area contributed by atoms with Crippen molar-refractivity contribution in [1.82, 2.24) is 9.55 Å². The number of methoxy groups -OCH3 is 1. The quantitative estimate of drug-likeness (QED) is 0.861. The Kier molecular flexibility index (Phi) is 3.91. The molecule has 0 radical (unpaired) electrons. The van der Waals surface area contributed by atoms with Crippen LogP contribution in [0.3, 0.4) is 0 Å². The van der Waals surface area contributed by atoms with Crippen molar-refractivity contribution in [1.29, 1.82) is 0 Å². The van der Waals surface area contributed by atoms with Crippen molar-refractivity contribution >= 4 is 28.8 Å². The number of thioether (sulfide) groups is 1. The lowest BCUT2D eigenvalue weighted by atomic mass is 9.89. The second-order valence-electron chi connectivity index (χ2n) is 5.42. The van der Waals surface area contributed by atoms with Gasteiger partial charge in [0.25, 0.3) is 0 Å². The van der Waals surface area contributed by atoms with Gasteiger partial charge in [0, 0.05) is 13.2 Å². The highest BCUT2D eigenvalue weighted by atomic mass is 32.2. The van der Waals surface area contributed by atoms with Crippen molar-refractivity contribution in [3.63, 3.8) is 0 Å². The Morgan fingerprint density at radius 1 is 1.52 bits per heavy atom. The Bertz CT molecular complexity index is 677. The van der Waals surface area contributed by atoms with E-state index in [1.165, 1.54) is 17.3 Å². The highest BCUT2D eigenvalue weighted by Gasteiger charge is 2.33. The SMILES string of the molecule is COC1CC(n2c(SCC(=O)O)nc3ccc(C)cc32)C1. The fourth-order valence-electron chi connectivity index (χ4n) is 2.70. The standard InChI is InChI=1S/C15H18N2O3S/c1-9-3-4-12-13(5-9)17(10-6-11(7-10)20-2)15(16-12)21-8-14(18)19/h3-5,10-11H,6-8H2,1-2H3,(H,18,19).